The molecule has 0 fully saturated rings. The summed E-state index contributed by atoms with van der Waals surface area (Å²) in [6.45, 7) is -0.497. The van der Waals surface area contributed by atoms with Gasteiger partial charge in [-0.2, -0.15) is 5.26 Å². The third-order valence-corrected chi connectivity index (χ3v) is 5.26. The van der Waals surface area contributed by atoms with E-state index in [-0.39, 0.29) is 17.9 Å². The second-order valence-corrected chi connectivity index (χ2v) is 7.29. The normalized spacial score (nSPS) is 12.2. The van der Waals surface area contributed by atoms with Gasteiger partial charge in [-0.05, 0) is 30.3 Å². The number of ketones is 1. The average Bonchev–Trinajstić information content (AvgIpc) is 3.41. The Morgan fingerprint density at radius 1 is 0.970 bits per heavy atom. The highest BCUT2D eigenvalue weighted by Crippen LogP contribution is 2.40. The van der Waals surface area contributed by atoms with Gasteiger partial charge in [-0.15, -0.1) is 0 Å². The van der Waals surface area contributed by atoms with E-state index in [0.717, 1.165) is 11.4 Å². The molecule has 8 nitrogen and oxygen atoms in total. The molecule has 166 valence electrons. The van der Waals surface area contributed by atoms with Crippen LogP contribution in [0.25, 0.3) is 0 Å². The minimum atomic E-state index is -0.807. The number of esters is 1. The first-order chi connectivity index (χ1) is 16.0. The zero-order valence-corrected chi connectivity index (χ0v) is 18.1. The molecule has 2 aromatic carbocycles. The summed E-state index contributed by atoms with van der Waals surface area (Å²) >= 11 is 0. The Kier molecular flexibility index (Phi) is 6.13. The summed E-state index contributed by atoms with van der Waals surface area (Å²) in [7, 11) is 3.55. The number of carbonyl (C=O) groups excluding carboxylic acids is 2. The smallest absolute Gasteiger partial charge is 0.375 e. The zero-order valence-electron chi connectivity index (χ0n) is 18.1. The van der Waals surface area contributed by atoms with E-state index in [1.165, 1.54) is 6.26 Å². The predicted octanol–water partition coefficient (Wildman–Crippen LogP) is 3.91. The molecule has 1 aliphatic heterocycles. The standard InChI is InChI=1S/C25H21N3O5/c1-27-20-10-6-7-11-21(20)28(2)24(27)19(14-26)22(29)16-33-25(30)23-17(12-13-31-23)15-32-18-8-4-3-5-9-18/h3-13H,15-16H2,1-2H3. The fraction of sp³-hybridized carbons (Fsp3) is 0.160. The van der Waals surface area contributed by atoms with Crippen molar-refractivity contribution in [3.05, 3.63) is 89.6 Å². The third-order valence-electron chi connectivity index (χ3n) is 5.26. The van der Waals surface area contributed by atoms with Crippen LogP contribution >= 0.6 is 0 Å². The van der Waals surface area contributed by atoms with E-state index in [4.69, 9.17) is 13.9 Å². The van der Waals surface area contributed by atoms with Gasteiger partial charge in [-0.3, -0.25) is 4.79 Å². The molecule has 3 aromatic rings. The lowest BCUT2D eigenvalue weighted by molar-refractivity contribution is -0.118. The molecule has 0 N–H and O–H groups in total. The van der Waals surface area contributed by atoms with Gasteiger partial charge in [0, 0.05) is 19.7 Å². The van der Waals surface area contributed by atoms with Crippen molar-refractivity contribution >= 4 is 23.1 Å². The fourth-order valence-electron chi connectivity index (χ4n) is 3.63. The van der Waals surface area contributed by atoms with Crippen molar-refractivity contribution in [2.75, 3.05) is 30.5 Å². The largest absolute Gasteiger partial charge is 0.489 e. The lowest BCUT2D eigenvalue weighted by Crippen LogP contribution is -2.28. The number of carbonyl (C=O) groups is 2. The molecule has 33 heavy (non-hydrogen) atoms. The maximum Gasteiger partial charge on any atom is 0.375 e. The Labute approximate surface area is 190 Å². The van der Waals surface area contributed by atoms with Crippen molar-refractivity contribution in [1.82, 2.24) is 0 Å². The minimum Gasteiger partial charge on any atom is -0.489 e. The summed E-state index contributed by atoms with van der Waals surface area (Å²) in [5.74, 6) is -0.397. The maximum absolute atomic E-state index is 12.8. The van der Waals surface area contributed by atoms with Gasteiger partial charge in [-0.25, -0.2) is 4.79 Å². The molecule has 8 heteroatoms. The summed E-state index contributed by atoms with van der Waals surface area (Å²) in [4.78, 5) is 28.9. The maximum atomic E-state index is 12.8. The molecule has 0 saturated heterocycles. The van der Waals surface area contributed by atoms with E-state index in [2.05, 4.69) is 0 Å². The molecule has 0 amide bonds. The predicted molar refractivity (Wildman–Crippen MR) is 121 cm³/mol. The molecule has 0 aliphatic carbocycles. The fourth-order valence-corrected chi connectivity index (χ4v) is 3.63. The molecule has 1 aromatic heterocycles. The Morgan fingerprint density at radius 2 is 1.61 bits per heavy atom. The number of hydrogen-bond donors (Lipinski definition) is 0. The van der Waals surface area contributed by atoms with Crippen LogP contribution in [-0.2, 0) is 16.1 Å². The molecule has 2 heterocycles. The first kappa shape index (κ1) is 21.7. The summed E-state index contributed by atoms with van der Waals surface area (Å²) in [5.41, 5.74) is 2.12. The van der Waals surface area contributed by atoms with Crippen LogP contribution in [0.15, 0.2) is 82.7 Å². The van der Waals surface area contributed by atoms with E-state index in [1.54, 1.807) is 42.1 Å². The van der Waals surface area contributed by atoms with Crippen LogP contribution in [0.2, 0.25) is 0 Å². The van der Waals surface area contributed by atoms with Gasteiger partial charge in [-0.1, -0.05) is 30.3 Å². The number of nitriles is 1. The Hall–Kier alpha value is -4.51. The monoisotopic (exact) mass is 443 g/mol. The van der Waals surface area contributed by atoms with Crippen molar-refractivity contribution in [3.63, 3.8) is 0 Å². The molecule has 1 aliphatic rings. The Balaban J connectivity index is 1.44. The quantitative estimate of drug-likeness (QED) is 0.308. The number of para-hydroxylation sites is 3. The minimum absolute atomic E-state index is 0.0487. The first-order valence-electron chi connectivity index (χ1n) is 10.2. The first-order valence-corrected chi connectivity index (χ1v) is 10.2. The van der Waals surface area contributed by atoms with E-state index < -0.39 is 18.4 Å². The van der Waals surface area contributed by atoms with Crippen molar-refractivity contribution in [2.45, 2.75) is 6.61 Å². The number of nitrogens with zero attached hydrogens (tertiary/aromatic N) is 3. The highest BCUT2D eigenvalue weighted by Gasteiger charge is 2.31. The van der Waals surface area contributed by atoms with Crippen molar-refractivity contribution in [2.24, 2.45) is 0 Å². The van der Waals surface area contributed by atoms with Gasteiger partial charge in [0.2, 0.25) is 11.5 Å². The summed E-state index contributed by atoms with van der Waals surface area (Å²) in [6.07, 6.45) is 1.35. The second kappa shape index (κ2) is 9.32. The molecular formula is C25H21N3O5. The number of benzene rings is 2. The highest BCUT2D eigenvalue weighted by atomic mass is 16.5. The molecule has 0 atom stereocenters. The second-order valence-electron chi connectivity index (χ2n) is 7.29. The zero-order chi connectivity index (χ0) is 23.4. The molecule has 0 spiro atoms. The van der Waals surface area contributed by atoms with Gasteiger partial charge < -0.3 is 23.7 Å². The van der Waals surface area contributed by atoms with Crippen LogP contribution in [0.5, 0.6) is 5.75 Å². The number of fused-ring (bicyclic) bond motifs is 1. The topological polar surface area (TPSA) is 96.0 Å². The number of furan rings is 1. The van der Waals surface area contributed by atoms with E-state index in [9.17, 15) is 14.9 Å². The van der Waals surface area contributed by atoms with Gasteiger partial charge in [0.05, 0.1) is 17.6 Å². The molecule has 0 saturated carbocycles. The summed E-state index contributed by atoms with van der Waals surface area (Å²) in [6, 6.07) is 20.2. The van der Waals surface area contributed by atoms with Crippen molar-refractivity contribution < 1.29 is 23.5 Å². The number of anilines is 2. The van der Waals surface area contributed by atoms with Gasteiger partial charge in [0.1, 0.15) is 29.8 Å². The van der Waals surface area contributed by atoms with E-state index in [0.29, 0.717) is 17.1 Å². The van der Waals surface area contributed by atoms with Crippen LogP contribution in [0.3, 0.4) is 0 Å². The van der Waals surface area contributed by atoms with Crippen LogP contribution in [0, 0.1) is 11.3 Å². The number of rotatable bonds is 7. The lowest BCUT2D eigenvalue weighted by atomic mass is 10.2. The van der Waals surface area contributed by atoms with Crippen LogP contribution in [0.4, 0.5) is 11.4 Å². The van der Waals surface area contributed by atoms with Gasteiger partial charge in [0.25, 0.3) is 0 Å². The summed E-state index contributed by atoms with van der Waals surface area (Å²) in [5, 5.41) is 9.69. The van der Waals surface area contributed by atoms with Crippen LogP contribution < -0.4 is 14.5 Å². The van der Waals surface area contributed by atoms with Gasteiger partial charge in [0.15, 0.2) is 6.61 Å². The number of hydrogen-bond acceptors (Lipinski definition) is 8. The van der Waals surface area contributed by atoms with Crippen LogP contribution in [0.1, 0.15) is 16.1 Å². The summed E-state index contributed by atoms with van der Waals surface area (Å²) < 4.78 is 16.1. The average molecular weight is 443 g/mol. The SMILES string of the molecule is CN1C(=C(C#N)C(=O)COC(=O)c2occc2COc2ccccc2)N(C)c2ccccc21. The van der Waals surface area contributed by atoms with Crippen molar-refractivity contribution in [1.29, 1.82) is 5.26 Å². The Morgan fingerprint density at radius 3 is 2.24 bits per heavy atom. The van der Waals surface area contributed by atoms with Gasteiger partial charge >= 0.3 is 5.97 Å². The highest BCUT2D eigenvalue weighted by molar-refractivity contribution is 6.04. The number of ether oxygens (including phenoxy) is 2. The molecule has 4 rings (SSSR count). The van der Waals surface area contributed by atoms with Crippen LogP contribution in [-0.4, -0.2) is 32.5 Å². The van der Waals surface area contributed by atoms with E-state index in [1.807, 2.05) is 48.5 Å². The molecule has 0 unspecified atom stereocenters. The molecule has 0 radical (unpaired) electrons. The third kappa shape index (κ3) is 4.29. The molecular weight excluding hydrogens is 422 g/mol. The lowest BCUT2D eigenvalue weighted by Gasteiger charge is -2.19. The van der Waals surface area contributed by atoms with E-state index >= 15 is 0 Å². The number of Topliss-reactive ketones (excluding diaryl/α,β-unsaturated/α-hetero) is 1. The molecule has 0 bridgehead atoms. The van der Waals surface area contributed by atoms with Crippen molar-refractivity contribution in [3.8, 4) is 11.8 Å². The Bertz CT molecular complexity index is 1230.